The van der Waals surface area contributed by atoms with Crippen LogP contribution >= 0.6 is 35.0 Å². The Morgan fingerprint density at radius 2 is 1.93 bits per heavy atom. The van der Waals surface area contributed by atoms with E-state index in [2.05, 4.69) is 15.0 Å². The number of fused-ring (bicyclic) bond motifs is 1. The van der Waals surface area contributed by atoms with Crippen molar-refractivity contribution in [3.63, 3.8) is 0 Å². The summed E-state index contributed by atoms with van der Waals surface area (Å²) in [5.41, 5.74) is 1.55. The van der Waals surface area contributed by atoms with E-state index < -0.39 is 0 Å². The Morgan fingerprint density at radius 3 is 2.60 bits per heavy atom. The van der Waals surface area contributed by atoms with Gasteiger partial charge in [0.05, 0.1) is 16.6 Å². The number of aryl methyl sites for hydroxylation is 1. The van der Waals surface area contributed by atoms with Crippen LogP contribution in [-0.2, 0) is 0 Å². The maximum Gasteiger partial charge on any atom is 0.188 e. The van der Waals surface area contributed by atoms with Gasteiger partial charge in [-0.2, -0.15) is 0 Å². The molecule has 0 radical (unpaired) electrons. The van der Waals surface area contributed by atoms with E-state index in [1.54, 1.807) is 6.07 Å². The predicted molar refractivity (Wildman–Crippen MR) is 63.9 cm³/mol. The van der Waals surface area contributed by atoms with Crippen LogP contribution in [0, 0.1) is 6.92 Å². The molecule has 0 N–H and O–H groups in total. The highest BCUT2D eigenvalue weighted by Crippen LogP contribution is 2.26. The van der Waals surface area contributed by atoms with Crippen LogP contribution in [-0.4, -0.2) is 21.2 Å². The lowest BCUT2D eigenvalue weighted by molar-refractivity contribution is 0.969. The summed E-state index contributed by atoms with van der Waals surface area (Å²) in [6, 6.07) is 1.69. The molecule has 0 amide bonds. The van der Waals surface area contributed by atoms with E-state index in [1.165, 1.54) is 11.8 Å². The van der Waals surface area contributed by atoms with Crippen LogP contribution in [0.4, 0.5) is 0 Å². The quantitative estimate of drug-likeness (QED) is 0.447. The van der Waals surface area contributed by atoms with Crippen LogP contribution < -0.4 is 0 Å². The van der Waals surface area contributed by atoms with Gasteiger partial charge in [-0.25, -0.2) is 15.0 Å². The number of halogens is 2. The smallest absolute Gasteiger partial charge is 0.188 e. The zero-order valence-corrected chi connectivity index (χ0v) is 10.4. The highest BCUT2D eigenvalue weighted by molar-refractivity contribution is 7.98. The second-order valence-corrected chi connectivity index (χ2v) is 4.44. The molecule has 0 bridgehead atoms. The van der Waals surface area contributed by atoms with Crippen molar-refractivity contribution in [2.45, 2.75) is 12.1 Å². The van der Waals surface area contributed by atoms with Crippen LogP contribution in [0.25, 0.3) is 10.9 Å². The van der Waals surface area contributed by atoms with Crippen LogP contribution in [0.5, 0.6) is 0 Å². The molecule has 0 fully saturated rings. The standard InChI is InChI=1S/C9H7Cl2N3S/c1-4-7-5(13-9(12-4)15-2)3-6(10)14-8(7)11/h3H,1-2H3. The fourth-order valence-corrected chi connectivity index (χ4v) is 2.29. The number of hydrogen-bond acceptors (Lipinski definition) is 4. The predicted octanol–water partition coefficient (Wildman–Crippen LogP) is 3.36. The van der Waals surface area contributed by atoms with Crippen LogP contribution in [0.3, 0.4) is 0 Å². The molecule has 0 saturated heterocycles. The Kier molecular flexibility index (Phi) is 3.00. The first kappa shape index (κ1) is 10.9. The van der Waals surface area contributed by atoms with Crippen molar-refractivity contribution in [1.82, 2.24) is 15.0 Å². The van der Waals surface area contributed by atoms with Gasteiger partial charge in [0.25, 0.3) is 0 Å². The molecule has 2 aromatic rings. The van der Waals surface area contributed by atoms with Crippen molar-refractivity contribution in [3.05, 3.63) is 22.1 Å². The van der Waals surface area contributed by atoms with E-state index in [-0.39, 0.29) is 0 Å². The van der Waals surface area contributed by atoms with Gasteiger partial charge in [-0.05, 0) is 13.2 Å². The summed E-state index contributed by atoms with van der Waals surface area (Å²) in [6.07, 6.45) is 1.92. The molecule has 3 nitrogen and oxygen atoms in total. The number of rotatable bonds is 1. The van der Waals surface area contributed by atoms with Crippen LogP contribution in [0.15, 0.2) is 11.2 Å². The molecule has 0 aliphatic rings. The Morgan fingerprint density at radius 1 is 1.20 bits per heavy atom. The monoisotopic (exact) mass is 259 g/mol. The molecule has 15 heavy (non-hydrogen) atoms. The third-order valence-corrected chi connectivity index (χ3v) is 2.96. The van der Waals surface area contributed by atoms with Crippen molar-refractivity contribution in [1.29, 1.82) is 0 Å². The van der Waals surface area contributed by atoms with Gasteiger partial charge in [-0.1, -0.05) is 35.0 Å². The highest BCUT2D eigenvalue weighted by atomic mass is 35.5. The maximum absolute atomic E-state index is 5.98. The lowest BCUT2D eigenvalue weighted by Gasteiger charge is -2.05. The van der Waals surface area contributed by atoms with E-state index in [9.17, 15) is 0 Å². The van der Waals surface area contributed by atoms with Crippen molar-refractivity contribution in [2.24, 2.45) is 0 Å². The van der Waals surface area contributed by atoms with Gasteiger partial charge in [0.15, 0.2) is 5.16 Å². The Labute approximate surface area is 101 Å². The summed E-state index contributed by atoms with van der Waals surface area (Å²) in [4.78, 5) is 12.6. The van der Waals surface area contributed by atoms with Gasteiger partial charge in [-0.15, -0.1) is 0 Å². The average Bonchev–Trinajstić information content (AvgIpc) is 2.15. The number of aromatic nitrogens is 3. The van der Waals surface area contributed by atoms with Crippen molar-refractivity contribution in [2.75, 3.05) is 6.26 Å². The average molecular weight is 260 g/mol. The molecule has 2 rings (SSSR count). The minimum Gasteiger partial charge on any atom is -0.227 e. The summed E-state index contributed by atoms with van der Waals surface area (Å²) in [5, 5.41) is 2.16. The number of hydrogen-bond donors (Lipinski definition) is 0. The van der Waals surface area contributed by atoms with Crippen LogP contribution in [0.2, 0.25) is 10.3 Å². The second-order valence-electron chi connectivity index (χ2n) is 2.93. The van der Waals surface area contributed by atoms with Crippen molar-refractivity contribution < 1.29 is 0 Å². The topological polar surface area (TPSA) is 38.7 Å². The van der Waals surface area contributed by atoms with Gasteiger partial charge >= 0.3 is 0 Å². The summed E-state index contributed by atoms with van der Waals surface area (Å²) >= 11 is 13.3. The van der Waals surface area contributed by atoms with E-state index in [4.69, 9.17) is 23.2 Å². The summed E-state index contributed by atoms with van der Waals surface area (Å²) in [5.74, 6) is 0. The lowest BCUT2D eigenvalue weighted by atomic mass is 10.2. The number of pyridine rings is 1. The summed E-state index contributed by atoms with van der Waals surface area (Å²) < 4.78 is 0. The first-order valence-electron chi connectivity index (χ1n) is 4.16. The molecule has 0 aliphatic heterocycles. The van der Waals surface area contributed by atoms with Gasteiger partial charge in [0.1, 0.15) is 10.3 Å². The van der Waals surface area contributed by atoms with Gasteiger partial charge in [0, 0.05) is 6.07 Å². The molecule has 0 saturated carbocycles. The SMILES string of the molecule is CSc1nc(C)c2c(Cl)nc(Cl)cc2n1. The largest absolute Gasteiger partial charge is 0.227 e. The third-order valence-electron chi connectivity index (χ3n) is 1.95. The Balaban J connectivity index is 2.85. The molecule has 0 spiro atoms. The second kappa shape index (κ2) is 4.12. The fraction of sp³-hybridized carbons (Fsp3) is 0.222. The van der Waals surface area contributed by atoms with Gasteiger partial charge in [0.2, 0.25) is 0 Å². The van der Waals surface area contributed by atoms with E-state index in [0.29, 0.717) is 15.5 Å². The highest BCUT2D eigenvalue weighted by Gasteiger charge is 2.09. The molecule has 0 aliphatic carbocycles. The number of nitrogens with zero attached hydrogens (tertiary/aromatic N) is 3. The minimum absolute atomic E-state index is 0.345. The molecule has 2 aromatic heterocycles. The zero-order chi connectivity index (χ0) is 11.0. The normalized spacial score (nSPS) is 10.9. The maximum atomic E-state index is 5.98. The molecule has 78 valence electrons. The molecular weight excluding hydrogens is 253 g/mol. The molecule has 0 atom stereocenters. The molecule has 0 aromatic carbocycles. The van der Waals surface area contributed by atoms with E-state index in [1.807, 2.05) is 13.2 Å². The summed E-state index contributed by atoms with van der Waals surface area (Å²) in [7, 11) is 0. The van der Waals surface area contributed by atoms with Gasteiger partial charge < -0.3 is 0 Å². The molecule has 6 heteroatoms. The first-order valence-corrected chi connectivity index (χ1v) is 6.14. The molecule has 2 heterocycles. The van der Waals surface area contributed by atoms with Gasteiger partial charge in [-0.3, -0.25) is 0 Å². The number of thioether (sulfide) groups is 1. The molecule has 0 unspecified atom stereocenters. The lowest BCUT2D eigenvalue weighted by Crippen LogP contribution is -1.94. The van der Waals surface area contributed by atoms with Crippen molar-refractivity contribution >= 4 is 45.9 Å². The Bertz CT molecular complexity index is 530. The fourth-order valence-electron chi connectivity index (χ4n) is 1.31. The first-order chi connectivity index (χ1) is 7.11. The van der Waals surface area contributed by atoms with Crippen LogP contribution in [0.1, 0.15) is 5.69 Å². The Hall–Kier alpha value is -0.580. The van der Waals surface area contributed by atoms with E-state index in [0.717, 1.165) is 16.6 Å². The van der Waals surface area contributed by atoms with E-state index >= 15 is 0 Å². The third kappa shape index (κ3) is 2.02. The molecular formula is C9H7Cl2N3S. The minimum atomic E-state index is 0.345. The summed E-state index contributed by atoms with van der Waals surface area (Å²) in [6.45, 7) is 1.88. The zero-order valence-electron chi connectivity index (χ0n) is 8.08. The van der Waals surface area contributed by atoms with Crippen molar-refractivity contribution in [3.8, 4) is 0 Å².